The number of hydrogen-bond acceptors (Lipinski definition) is 1. The topological polar surface area (TPSA) is 12.0 Å². The molecule has 2 aromatic carbocycles. The molecular formula is C18H22ClN. The van der Waals surface area contributed by atoms with Crippen LogP contribution in [0.15, 0.2) is 36.4 Å². The standard InChI is InChI=1S/C18H22ClN/c1-5-20-18(15-8-9-17(19)14(4)11-15)16-10-12(2)6-7-13(16)3/h6-11,18,20H,5H2,1-4H3. The van der Waals surface area contributed by atoms with Crippen LogP contribution in [-0.2, 0) is 0 Å². The third-order valence-electron chi connectivity index (χ3n) is 3.67. The second-order valence-electron chi connectivity index (χ2n) is 5.36. The van der Waals surface area contributed by atoms with E-state index >= 15 is 0 Å². The van der Waals surface area contributed by atoms with Gasteiger partial charge in [-0.05, 0) is 55.6 Å². The normalized spacial score (nSPS) is 12.4. The predicted molar refractivity (Wildman–Crippen MR) is 87.6 cm³/mol. The minimum absolute atomic E-state index is 0.218. The fourth-order valence-electron chi connectivity index (χ4n) is 2.53. The molecule has 106 valence electrons. The van der Waals surface area contributed by atoms with Crippen molar-refractivity contribution in [1.29, 1.82) is 0 Å². The Morgan fingerprint density at radius 2 is 1.75 bits per heavy atom. The summed E-state index contributed by atoms with van der Waals surface area (Å²) in [6, 6.07) is 13.1. The van der Waals surface area contributed by atoms with E-state index in [1.807, 2.05) is 6.07 Å². The fraction of sp³-hybridized carbons (Fsp3) is 0.333. The molecule has 0 saturated heterocycles. The van der Waals surface area contributed by atoms with Crippen molar-refractivity contribution in [3.63, 3.8) is 0 Å². The monoisotopic (exact) mass is 287 g/mol. The van der Waals surface area contributed by atoms with Crippen LogP contribution < -0.4 is 5.32 Å². The summed E-state index contributed by atoms with van der Waals surface area (Å²) in [5.41, 5.74) is 6.33. The molecule has 0 aliphatic heterocycles. The molecule has 0 spiro atoms. The van der Waals surface area contributed by atoms with Crippen LogP contribution >= 0.6 is 11.6 Å². The Balaban J connectivity index is 2.49. The zero-order chi connectivity index (χ0) is 14.7. The Morgan fingerprint density at radius 3 is 2.40 bits per heavy atom. The maximum Gasteiger partial charge on any atom is 0.0579 e. The van der Waals surface area contributed by atoms with Crippen LogP contribution in [0.2, 0.25) is 5.02 Å². The number of benzene rings is 2. The second-order valence-corrected chi connectivity index (χ2v) is 5.77. The van der Waals surface area contributed by atoms with E-state index in [0.29, 0.717) is 0 Å². The van der Waals surface area contributed by atoms with E-state index in [1.165, 1.54) is 22.3 Å². The molecule has 2 rings (SSSR count). The first kappa shape index (κ1) is 15.1. The summed E-state index contributed by atoms with van der Waals surface area (Å²) in [5.74, 6) is 0. The van der Waals surface area contributed by atoms with E-state index in [-0.39, 0.29) is 6.04 Å². The highest BCUT2D eigenvalue weighted by Gasteiger charge is 2.16. The van der Waals surface area contributed by atoms with E-state index in [2.05, 4.69) is 63.3 Å². The van der Waals surface area contributed by atoms with Crippen molar-refractivity contribution in [2.24, 2.45) is 0 Å². The van der Waals surface area contributed by atoms with Gasteiger partial charge in [-0.1, -0.05) is 54.4 Å². The van der Waals surface area contributed by atoms with Crippen LogP contribution in [0, 0.1) is 20.8 Å². The molecule has 1 N–H and O–H groups in total. The molecule has 0 heterocycles. The van der Waals surface area contributed by atoms with Crippen LogP contribution in [-0.4, -0.2) is 6.54 Å². The van der Waals surface area contributed by atoms with Crippen LogP contribution in [0.3, 0.4) is 0 Å². The molecule has 0 aliphatic rings. The summed E-state index contributed by atoms with van der Waals surface area (Å²) in [4.78, 5) is 0. The van der Waals surface area contributed by atoms with Crippen molar-refractivity contribution < 1.29 is 0 Å². The molecule has 0 aliphatic carbocycles. The van der Waals surface area contributed by atoms with E-state index < -0.39 is 0 Å². The van der Waals surface area contributed by atoms with Crippen LogP contribution in [0.25, 0.3) is 0 Å². The van der Waals surface area contributed by atoms with Gasteiger partial charge in [0.25, 0.3) is 0 Å². The molecule has 1 atom stereocenters. The summed E-state index contributed by atoms with van der Waals surface area (Å²) < 4.78 is 0. The van der Waals surface area contributed by atoms with Gasteiger partial charge >= 0.3 is 0 Å². The first-order chi connectivity index (χ1) is 9.52. The van der Waals surface area contributed by atoms with Gasteiger partial charge in [0, 0.05) is 5.02 Å². The van der Waals surface area contributed by atoms with Crippen molar-refractivity contribution in [1.82, 2.24) is 5.32 Å². The Bertz CT molecular complexity index is 604. The Hall–Kier alpha value is -1.31. The Morgan fingerprint density at radius 1 is 1.00 bits per heavy atom. The van der Waals surface area contributed by atoms with Crippen LogP contribution in [0.1, 0.15) is 40.8 Å². The lowest BCUT2D eigenvalue weighted by Gasteiger charge is -2.22. The Labute approximate surface area is 127 Å². The number of nitrogens with one attached hydrogen (secondary N) is 1. The predicted octanol–water partition coefficient (Wildman–Crippen LogP) is 4.96. The zero-order valence-electron chi connectivity index (χ0n) is 12.6. The van der Waals surface area contributed by atoms with Gasteiger partial charge in [0.2, 0.25) is 0 Å². The SMILES string of the molecule is CCNC(c1ccc(Cl)c(C)c1)c1cc(C)ccc1C. The van der Waals surface area contributed by atoms with Gasteiger partial charge in [0.05, 0.1) is 6.04 Å². The molecule has 0 bridgehead atoms. The van der Waals surface area contributed by atoms with Crippen LogP contribution in [0.4, 0.5) is 0 Å². The highest BCUT2D eigenvalue weighted by molar-refractivity contribution is 6.31. The number of aryl methyl sites for hydroxylation is 3. The molecule has 1 nitrogen and oxygen atoms in total. The lowest BCUT2D eigenvalue weighted by atomic mass is 9.93. The van der Waals surface area contributed by atoms with Gasteiger partial charge in [-0.2, -0.15) is 0 Å². The van der Waals surface area contributed by atoms with Gasteiger partial charge in [0.1, 0.15) is 0 Å². The third-order valence-corrected chi connectivity index (χ3v) is 4.09. The van der Waals surface area contributed by atoms with E-state index in [0.717, 1.165) is 17.1 Å². The van der Waals surface area contributed by atoms with Gasteiger partial charge < -0.3 is 5.32 Å². The minimum Gasteiger partial charge on any atom is -0.307 e. The molecule has 0 fully saturated rings. The molecule has 0 amide bonds. The van der Waals surface area contributed by atoms with Gasteiger partial charge in [-0.25, -0.2) is 0 Å². The smallest absolute Gasteiger partial charge is 0.0579 e. The van der Waals surface area contributed by atoms with Crippen molar-refractivity contribution in [3.8, 4) is 0 Å². The maximum atomic E-state index is 6.14. The summed E-state index contributed by atoms with van der Waals surface area (Å²) in [7, 11) is 0. The number of hydrogen-bond donors (Lipinski definition) is 1. The quantitative estimate of drug-likeness (QED) is 0.838. The van der Waals surface area contributed by atoms with Crippen molar-refractivity contribution in [3.05, 3.63) is 69.2 Å². The largest absolute Gasteiger partial charge is 0.307 e. The van der Waals surface area contributed by atoms with E-state index in [9.17, 15) is 0 Å². The van der Waals surface area contributed by atoms with Gasteiger partial charge in [-0.3, -0.25) is 0 Å². The molecule has 2 heteroatoms. The average molecular weight is 288 g/mol. The summed E-state index contributed by atoms with van der Waals surface area (Å²) in [6.07, 6.45) is 0. The highest BCUT2D eigenvalue weighted by atomic mass is 35.5. The van der Waals surface area contributed by atoms with Crippen molar-refractivity contribution >= 4 is 11.6 Å². The average Bonchev–Trinajstić information content (AvgIpc) is 2.42. The molecule has 1 unspecified atom stereocenters. The number of rotatable bonds is 4. The van der Waals surface area contributed by atoms with Gasteiger partial charge in [-0.15, -0.1) is 0 Å². The molecular weight excluding hydrogens is 266 g/mol. The van der Waals surface area contributed by atoms with Crippen molar-refractivity contribution in [2.45, 2.75) is 33.7 Å². The molecule has 20 heavy (non-hydrogen) atoms. The van der Waals surface area contributed by atoms with Crippen LogP contribution in [0.5, 0.6) is 0 Å². The van der Waals surface area contributed by atoms with E-state index in [4.69, 9.17) is 11.6 Å². The molecule has 0 aromatic heterocycles. The van der Waals surface area contributed by atoms with Gasteiger partial charge in [0.15, 0.2) is 0 Å². The zero-order valence-corrected chi connectivity index (χ0v) is 13.4. The molecule has 0 saturated carbocycles. The van der Waals surface area contributed by atoms with E-state index in [1.54, 1.807) is 0 Å². The first-order valence-electron chi connectivity index (χ1n) is 7.09. The lowest BCUT2D eigenvalue weighted by Crippen LogP contribution is -2.23. The van der Waals surface area contributed by atoms with Crippen molar-refractivity contribution in [2.75, 3.05) is 6.54 Å². The fourth-order valence-corrected chi connectivity index (χ4v) is 2.65. The molecule has 0 radical (unpaired) electrons. The number of halogens is 1. The summed E-state index contributed by atoms with van der Waals surface area (Å²) >= 11 is 6.14. The lowest BCUT2D eigenvalue weighted by molar-refractivity contribution is 0.627. The second kappa shape index (κ2) is 6.43. The summed E-state index contributed by atoms with van der Waals surface area (Å²) in [5, 5.41) is 4.41. The third kappa shape index (κ3) is 3.23. The highest BCUT2D eigenvalue weighted by Crippen LogP contribution is 2.28. The first-order valence-corrected chi connectivity index (χ1v) is 7.47. The molecule has 2 aromatic rings. The Kier molecular flexibility index (Phi) is 4.85. The maximum absolute atomic E-state index is 6.14. The summed E-state index contributed by atoms with van der Waals surface area (Å²) in [6.45, 7) is 9.43. The minimum atomic E-state index is 0.218.